The first-order valence-corrected chi connectivity index (χ1v) is 23.2. The zero-order valence-corrected chi connectivity index (χ0v) is 37.6. The quantitative estimate of drug-likeness (QED) is 0.0124. The Morgan fingerprint density at radius 2 is 1.75 bits per heavy atom. The topological polar surface area (TPSA) is 278 Å². The molecule has 1 saturated heterocycles. The Labute approximate surface area is 376 Å². The molecule has 1 aliphatic heterocycles. The van der Waals surface area contributed by atoms with Crippen LogP contribution in [0.15, 0.2) is 36.4 Å². The molecule has 2 bridgehead atoms. The number of ether oxygens (including phenoxy) is 4. The van der Waals surface area contributed by atoms with Gasteiger partial charge in [0.15, 0.2) is 24.6 Å². The molecule has 358 valence electrons. The van der Waals surface area contributed by atoms with E-state index in [1.165, 1.54) is 12.1 Å². The molecule has 1 aromatic rings. The molecule has 0 radical (unpaired) electrons. The molecule has 13 atom stereocenters. The number of hydrogen-bond acceptors (Lipinski definition) is 18. The van der Waals surface area contributed by atoms with Crippen molar-refractivity contribution in [2.75, 3.05) is 13.2 Å². The summed E-state index contributed by atoms with van der Waals surface area (Å²) in [5.74, 6) is -4.51. The summed E-state index contributed by atoms with van der Waals surface area (Å²) in [6, 6.07) is 6.45. The average Bonchev–Trinajstić information content (AvgIpc) is 3.39. The predicted octanol–water partition coefficient (Wildman–Crippen LogP) is 3.90. The summed E-state index contributed by atoms with van der Waals surface area (Å²) in [6.07, 6.45) is -7.50. The highest BCUT2D eigenvalue weighted by Gasteiger charge is 2.67. The molecule has 5 N–H and O–H groups in total. The van der Waals surface area contributed by atoms with Crippen LogP contribution in [0.2, 0.25) is 0 Å². The molecule has 6 rings (SSSR count). The number of aromatic hydroxyl groups is 1. The minimum absolute atomic E-state index is 0.0175. The minimum atomic E-state index is -5.41. The van der Waals surface area contributed by atoms with Gasteiger partial charge in [0.05, 0.1) is 24.5 Å². The lowest BCUT2D eigenvalue weighted by atomic mass is 9.43. The average molecular weight is 946 g/mol. The van der Waals surface area contributed by atoms with Crippen LogP contribution < -0.4 is 5.32 Å². The van der Waals surface area contributed by atoms with Crippen molar-refractivity contribution in [1.82, 2.24) is 5.32 Å². The molecule has 5 aliphatic rings. The number of thiol groups is 1. The Morgan fingerprint density at radius 3 is 2.42 bits per heavy atom. The van der Waals surface area contributed by atoms with Gasteiger partial charge in [-0.2, -0.15) is 13.3 Å². The molecule has 1 spiro atoms. The van der Waals surface area contributed by atoms with E-state index < -0.39 is 107 Å². The number of esters is 2. The van der Waals surface area contributed by atoms with E-state index in [2.05, 4.69) is 39.2 Å². The number of phenols is 1. The third-order valence-electron chi connectivity index (χ3n) is 13.9. The van der Waals surface area contributed by atoms with Crippen LogP contribution in [-0.4, -0.2) is 108 Å². The number of aliphatic carboxylic acids is 1. The molecule has 0 aromatic heterocycles. The van der Waals surface area contributed by atoms with E-state index in [0.29, 0.717) is 19.3 Å². The third kappa shape index (κ3) is 11.6. The van der Waals surface area contributed by atoms with Crippen LogP contribution in [0.4, 0.5) is 0 Å². The van der Waals surface area contributed by atoms with Crippen LogP contribution in [0, 0.1) is 40.4 Å². The molecule has 1 amide bonds. The fourth-order valence-electron chi connectivity index (χ4n) is 11.3. The van der Waals surface area contributed by atoms with E-state index in [9.17, 15) is 47.5 Å². The molecule has 5 fully saturated rings. The van der Waals surface area contributed by atoms with Gasteiger partial charge in [0.2, 0.25) is 5.91 Å². The number of rotatable bonds is 20. The number of carbonyl (C=O) groups excluding carboxylic acids is 3. The minimum Gasteiger partial charge on any atom is -0.508 e. The molecule has 1 aromatic carbocycles. The van der Waals surface area contributed by atoms with Crippen molar-refractivity contribution in [2.24, 2.45) is 40.4 Å². The highest BCUT2D eigenvalue weighted by Crippen LogP contribution is 2.70. The van der Waals surface area contributed by atoms with Crippen molar-refractivity contribution in [3.05, 3.63) is 42.0 Å². The number of aliphatic hydroxyl groups excluding tert-OH is 1. The second-order valence-corrected chi connectivity index (χ2v) is 19.5. The van der Waals surface area contributed by atoms with E-state index in [-0.39, 0.29) is 61.6 Å². The molecule has 4 saturated carbocycles. The van der Waals surface area contributed by atoms with Crippen molar-refractivity contribution in [3.63, 3.8) is 0 Å². The van der Waals surface area contributed by atoms with Crippen LogP contribution in [0.3, 0.4) is 0 Å². The standard InChI is InChI=1S/C42H59NO19S2/c1-22(2)17-34(47)57-37-36(59-64(51,52)53)35(58-60-61-62-63)30(21-54-33(46)12-11-32(45)43-16-14-24-5-8-26(44)9-6-24)56-40(37)55-27-18-28(39(49)50)29-13-15-42-19-25(23(3)38(42)48)7-10-31(42)41(29,4)20-27/h5-6,8-9,22,25,27-31,35-38,40,44,48,63H,3,7,10-21H2,1-2,4H3,(H,43,45)(H,49,50)(H,51,52,53)/t25?,27?,28?,29?,30-,31?,35-,36-,37?,38+,40+,41?,42?/m1/s1. The number of carboxylic acids is 1. The second kappa shape index (κ2) is 21.0. The monoisotopic (exact) mass is 945 g/mol. The highest BCUT2D eigenvalue weighted by molar-refractivity contribution is 7.80. The number of carboxylic acid groups (broad SMARTS) is 1. The van der Waals surface area contributed by atoms with Gasteiger partial charge in [0.25, 0.3) is 0 Å². The largest absolute Gasteiger partial charge is 0.508 e. The van der Waals surface area contributed by atoms with Gasteiger partial charge in [0, 0.05) is 37.7 Å². The van der Waals surface area contributed by atoms with Crippen molar-refractivity contribution >= 4 is 47.1 Å². The first-order chi connectivity index (χ1) is 30.2. The van der Waals surface area contributed by atoms with Crippen LogP contribution in [0.1, 0.15) is 90.5 Å². The van der Waals surface area contributed by atoms with E-state index in [1.807, 2.05) is 6.92 Å². The van der Waals surface area contributed by atoms with E-state index in [4.69, 9.17) is 28.0 Å². The van der Waals surface area contributed by atoms with Gasteiger partial charge in [0.1, 0.15) is 18.5 Å². The normalized spacial score (nSPS) is 34.7. The van der Waals surface area contributed by atoms with Crippen LogP contribution in [-0.2, 0) is 78.4 Å². The van der Waals surface area contributed by atoms with Gasteiger partial charge < -0.3 is 39.6 Å². The van der Waals surface area contributed by atoms with Gasteiger partial charge in [-0.3, -0.25) is 23.7 Å². The lowest BCUT2D eigenvalue weighted by molar-refractivity contribution is -0.620. The summed E-state index contributed by atoms with van der Waals surface area (Å²) < 4.78 is 68.2. The van der Waals surface area contributed by atoms with Crippen LogP contribution in [0.5, 0.6) is 5.75 Å². The van der Waals surface area contributed by atoms with Crippen molar-refractivity contribution in [1.29, 1.82) is 0 Å². The van der Waals surface area contributed by atoms with Gasteiger partial charge in [-0.05, 0) is 114 Å². The summed E-state index contributed by atoms with van der Waals surface area (Å²) in [5.41, 5.74) is 0.493. The number of benzene rings is 1. The van der Waals surface area contributed by atoms with Crippen LogP contribution in [0.25, 0.3) is 0 Å². The van der Waals surface area contributed by atoms with Gasteiger partial charge >= 0.3 is 28.3 Å². The smallest absolute Gasteiger partial charge is 0.397 e. The van der Waals surface area contributed by atoms with Crippen molar-refractivity contribution in [3.8, 4) is 5.75 Å². The molecule has 1 heterocycles. The fourth-order valence-corrected chi connectivity index (χ4v) is 11.8. The molecular weight excluding hydrogens is 887 g/mol. The Balaban J connectivity index is 1.24. The lowest BCUT2D eigenvalue weighted by Crippen LogP contribution is -2.64. The Hall–Kier alpha value is -3.42. The first-order valence-electron chi connectivity index (χ1n) is 21.5. The molecule has 4 aliphatic carbocycles. The maximum Gasteiger partial charge on any atom is 0.397 e. The zero-order chi connectivity index (χ0) is 46.6. The Morgan fingerprint density at radius 1 is 1.02 bits per heavy atom. The second-order valence-electron chi connectivity index (χ2n) is 18.3. The van der Waals surface area contributed by atoms with E-state index in [0.717, 1.165) is 30.4 Å². The summed E-state index contributed by atoms with van der Waals surface area (Å²) in [4.78, 5) is 57.2. The van der Waals surface area contributed by atoms with E-state index in [1.54, 1.807) is 26.0 Å². The summed E-state index contributed by atoms with van der Waals surface area (Å²) in [5, 5.41) is 43.3. The predicted molar refractivity (Wildman–Crippen MR) is 221 cm³/mol. The summed E-state index contributed by atoms with van der Waals surface area (Å²) in [7, 11) is -5.41. The number of fused-ring (bicyclic) bond motifs is 3. The zero-order valence-electron chi connectivity index (χ0n) is 35.9. The Kier molecular flexibility index (Phi) is 16.4. The number of amides is 1. The van der Waals surface area contributed by atoms with Gasteiger partial charge in [-0.25, -0.2) is 4.18 Å². The lowest BCUT2D eigenvalue weighted by Gasteiger charge is -2.62. The van der Waals surface area contributed by atoms with Gasteiger partial charge in [-0.1, -0.05) is 39.5 Å². The van der Waals surface area contributed by atoms with E-state index >= 15 is 0 Å². The maximum atomic E-state index is 13.3. The number of carbonyl (C=O) groups is 4. The Bertz CT molecular complexity index is 1950. The number of nitrogens with one attached hydrogen (secondary N) is 1. The van der Waals surface area contributed by atoms with Crippen molar-refractivity contribution in [2.45, 2.75) is 134 Å². The van der Waals surface area contributed by atoms with Gasteiger partial charge in [-0.15, -0.1) is 4.33 Å². The number of hydrogen-bond donors (Lipinski definition) is 6. The van der Waals surface area contributed by atoms with Crippen LogP contribution >= 0.6 is 12.9 Å². The summed E-state index contributed by atoms with van der Waals surface area (Å²) >= 11 is 3.39. The SMILES string of the molecule is C=C1C2CCC3C4(C)CC(O[C@H]5O[C@H](COC(=O)CCC(=O)NCCc6ccc(O)cc6)[C@@H](OOOOS)[C@@H](OS(=O)(=O)O)C5OC(=O)CC(C)C)CC(C(=O)O)C4CCC3(C2)[C@H]1O. The number of phenolic OH excluding ortho intramolecular Hbond substituents is 1. The molecule has 22 heteroatoms. The third-order valence-corrected chi connectivity index (χ3v) is 14.5. The maximum absolute atomic E-state index is 13.3. The summed E-state index contributed by atoms with van der Waals surface area (Å²) in [6.45, 7) is 9.20. The molecule has 20 nitrogen and oxygen atoms in total. The fraction of sp³-hybridized carbons (Fsp3) is 0.714. The number of aliphatic hydroxyl groups is 1. The molecule has 64 heavy (non-hydrogen) atoms. The highest BCUT2D eigenvalue weighted by atomic mass is 32.3. The first kappa shape index (κ1) is 50.0. The van der Waals surface area contributed by atoms with Crippen molar-refractivity contribution < 1.29 is 89.9 Å². The molecule has 8 unspecified atom stereocenters. The molecular formula is C42H59NO19S2.